The van der Waals surface area contributed by atoms with Gasteiger partial charge in [0.05, 0.1) is 0 Å². The monoisotopic (exact) mass is 199 g/mol. The third-order valence-corrected chi connectivity index (χ3v) is 2.89. The molecule has 1 nitrogen and oxygen atoms in total. The van der Waals surface area contributed by atoms with Crippen molar-refractivity contribution in [2.45, 2.75) is 13.8 Å². The molecular weight excluding hydrogens is 182 g/mol. The summed E-state index contributed by atoms with van der Waals surface area (Å²) in [7, 11) is 2.12. The smallest absolute Gasteiger partial charge is 0.0369 e. The summed E-state index contributed by atoms with van der Waals surface area (Å²) < 4.78 is 0. The molecule has 0 N–H and O–H groups in total. The molecule has 15 heavy (non-hydrogen) atoms. The van der Waals surface area contributed by atoms with Crippen LogP contribution >= 0.6 is 0 Å². The maximum Gasteiger partial charge on any atom is 0.0369 e. The van der Waals surface area contributed by atoms with Gasteiger partial charge in [-0.15, -0.1) is 0 Å². The van der Waals surface area contributed by atoms with Gasteiger partial charge in [0.25, 0.3) is 0 Å². The van der Waals surface area contributed by atoms with E-state index in [1.54, 1.807) is 0 Å². The fourth-order valence-corrected chi connectivity index (χ4v) is 1.77. The van der Waals surface area contributed by atoms with E-state index in [1.165, 1.54) is 22.0 Å². The first-order valence-corrected chi connectivity index (χ1v) is 5.42. The standard InChI is InChI=1S/C14H17N/c1-4-15(3)14-8-7-12-9-11(2)5-6-13(12)10-14/h5-10H,4H2,1-3H3. The van der Waals surface area contributed by atoms with Crippen LogP contribution in [0.2, 0.25) is 0 Å². The average Bonchev–Trinajstić information content (AvgIpc) is 2.27. The Labute approximate surface area is 91.3 Å². The number of aryl methyl sites for hydroxylation is 1. The minimum Gasteiger partial charge on any atom is -0.375 e. The van der Waals surface area contributed by atoms with Gasteiger partial charge in [0.1, 0.15) is 0 Å². The predicted octanol–water partition coefficient (Wildman–Crippen LogP) is 3.60. The van der Waals surface area contributed by atoms with E-state index in [-0.39, 0.29) is 0 Å². The molecule has 0 bridgehead atoms. The third kappa shape index (κ3) is 1.96. The molecule has 78 valence electrons. The third-order valence-electron chi connectivity index (χ3n) is 2.89. The molecule has 0 atom stereocenters. The van der Waals surface area contributed by atoms with Crippen molar-refractivity contribution >= 4 is 16.5 Å². The first-order chi connectivity index (χ1) is 7.20. The molecule has 0 saturated carbocycles. The van der Waals surface area contributed by atoms with E-state index in [2.05, 4.69) is 62.2 Å². The van der Waals surface area contributed by atoms with Gasteiger partial charge in [-0.1, -0.05) is 29.8 Å². The first kappa shape index (κ1) is 10.0. The summed E-state index contributed by atoms with van der Waals surface area (Å²) in [6, 6.07) is 13.2. The number of hydrogen-bond acceptors (Lipinski definition) is 1. The van der Waals surface area contributed by atoms with Crippen molar-refractivity contribution in [3.63, 3.8) is 0 Å². The Bertz CT molecular complexity index is 474. The zero-order valence-electron chi connectivity index (χ0n) is 9.62. The summed E-state index contributed by atoms with van der Waals surface area (Å²) in [6.07, 6.45) is 0. The van der Waals surface area contributed by atoms with Gasteiger partial charge < -0.3 is 4.90 Å². The van der Waals surface area contributed by atoms with Crippen LogP contribution in [-0.4, -0.2) is 13.6 Å². The molecule has 0 aliphatic heterocycles. The van der Waals surface area contributed by atoms with Gasteiger partial charge >= 0.3 is 0 Å². The molecule has 2 aromatic carbocycles. The highest BCUT2D eigenvalue weighted by atomic mass is 15.1. The summed E-state index contributed by atoms with van der Waals surface area (Å²) >= 11 is 0. The van der Waals surface area contributed by atoms with Crippen molar-refractivity contribution in [1.29, 1.82) is 0 Å². The number of fused-ring (bicyclic) bond motifs is 1. The van der Waals surface area contributed by atoms with Crippen molar-refractivity contribution in [2.24, 2.45) is 0 Å². The zero-order chi connectivity index (χ0) is 10.8. The average molecular weight is 199 g/mol. The normalized spacial score (nSPS) is 10.6. The highest BCUT2D eigenvalue weighted by molar-refractivity contribution is 5.86. The van der Waals surface area contributed by atoms with E-state index < -0.39 is 0 Å². The van der Waals surface area contributed by atoms with Gasteiger partial charge in [0.15, 0.2) is 0 Å². The summed E-state index contributed by atoms with van der Waals surface area (Å²) in [5.74, 6) is 0. The lowest BCUT2D eigenvalue weighted by Gasteiger charge is -2.17. The van der Waals surface area contributed by atoms with Crippen LogP contribution in [0.15, 0.2) is 36.4 Å². The van der Waals surface area contributed by atoms with Crippen LogP contribution in [0, 0.1) is 6.92 Å². The van der Waals surface area contributed by atoms with Gasteiger partial charge in [-0.3, -0.25) is 0 Å². The van der Waals surface area contributed by atoms with E-state index in [9.17, 15) is 0 Å². The Morgan fingerprint density at radius 2 is 1.67 bits per heavy atom. The van der Waals surface area contributed by atoms with Crippen LogP contribution in [0.1, 0.15) is 12.5 Å². The fraction of sp³-hybridized carbons (Fsp3) is 0.286. The van der Waals surface area contributed by atoms with E-state index >= 15 is 0 Å². The van der Waals surface area contributed by atoms with E-state index in [0.717, 1.165) is 6.54 Å². The molecule has 0 fully saturated rings. The Balaban J connectivity index is 2.52. The Hall–Kier alpha value is -1.50. The van der Waals surface area contributed by atoms with E-state index in [0.29, 0.717) is 0 Å². The number of nitrogens with zero attached hydrogens (tertiary/aromatic N) is 1. The molecule has 0 amide bonds. The molecule has 2 rings (SSSR count). The molecule has 0 aliphatic rings. The second-order valence-electron chi connectivity index (χ2n) is 4.05. The van der Waals surface area contributed by atoms with Crippen LogP contribution in [0.3, 0.4) is 0 Å². The number of rotatable bonds is 2. The largest absolute Gasteiger partial charge is 0.375 e. The molecule has 0 radical (unpaired) electrons. The van der Waals surface area contributed by atoms with Crippen molar-refractivity contribution in [2.75, 3.05) is 18.5 Å². The minimum absolute atomic E-state index is 1.04. The maximum absolute atomic E-state index is 2.25. The molecule has 0 aliphatic carbocycles. The van der Waals surface area contributed by atoms with Crippen molar-refractivity contribution in [1.82, 2.24) is 0 Å². The zero-order valence-corrected chi connectivity index (χ0v) is 9.62. The minimum atomic E-state index is 1.04. The molecule has 0 aromatic heterocycles. The maximum atomic E-state index is 2.25. The van der Waals surface area contributed by atoms with Gasteiger partial charge in [-0.2, -0.15) is 0 Å². The van der Waals surface area contributed by atoms with Gasteiger partial charge in [-0.05, 0) is 36.8 Å². The van der Waals surface area contributed by atoms with E-state index in [4.69, 9.17) is 0 Å². The molecular formula is C14H17N. The summed E-state index contributed by atoms with van der Waals surface area (Å²) in [6.45, 7) is 5.34. The second-order valence-corrected chi connectivity index (χ2v) is 4.05. The predicted molar refractivity (Wildman–Crippen MR) is 67.6 cm³/mol. The highest BCUT2D eigenvalue weighted by Crippen LogP contribution is 2.22. The molecule has 0 heterocycles. The van der Waals surface area contributed by atoms with Crippen molar-refractivity contribution in [3.05, 3.63) is 42.0 Å². The van der Waals surface area contributed by atoms with Crippen molar-refractivity contribution < 1.29 is 0 Å². The first-order valence-electron chi connectivity index (χ1n) is 5.42. The SMILES string of the molecule is CCN(C)c1ccc2cc(C)ccc2c1. The fourth-order valence-electron chi connectivity index (χ4n) is 1.77. The molecule has 1 heteroatoms. The van der Waals surface area contributed by atoms with Crippen LogP contribution < -0.4 is 4.90 Å². The second kappa shape index (κ2) is 3.93. The Kier molecular flexibility index (Phi) is 2.63. The summed E-state index contributed by atoms with van der Waals surface area (Å²) in [5, 5.41) is 2.64. The molecule has 2 aromatic rings. The quantitative estimate of drug-likeness (QED) is 0.714. The highest BCUT2D eigenvalue weighted by Gasteiger charge is 1.99. The van der Waals surface area contributed by atoms with Gasteiger partial charge in [-0.25, -0.2) is 0 Å². The van der Waals surface area contributed by atoms with Gasteiger partial charge in [0.2, 0.25) is 0 Å². The number of anilines is 1. The van der Waals surface area contributed by atoms with E-state index in [1.807, 2.05) is 0 Å². The summed E-state index contributed by atoms with van der Waals surface area (Å²) in [4.78, 5) is 2.25. The van der Waals surface area contributed by atoms with Gasteiger partial charge in [0, 0.05) is 19.3 Å². The van der Waals surface area contributed by atoms with Crippen LogP contribution in [0.25, 0.3) is 10.8 Å². The topological polar surface area (TPSA) is 3.24 Å². The number of hydrogen-bond donors (Lipinski definition) is 0. The Morgan fingerprint density at radius 3 is 2.40 bits per heavy atom. The molecule has 0 saturated heterocycles. The lowest BCUT2D eigenvalue weighted by atomic mass is 10.1. The number of benzene rings is 2. The molecule has 0 unspecified atom stereocenters. The summed E-state index contributed by atoms with van der Waals surface area (Å²) in [5.41, 5.74) is 2.60. The van der Waals surface area contributed by atoms with Crippen molar-refractivity contribution in [3.8, 4) is 0 Å². The van der Waals surface area contributed by atoms with Crippen LogP contribution in [0.4, 0.5) is 5.69 Å². The van der Waals surface area contributed by atoms with Crippen LogP contribution in [0.5, 0.6) is 0 Å². The lowest BCUT2D eigenvalue weighted by molar-refractivity contribution is 0.970. The van der Waals surface area contributed by atoms with Crippen LogP contribution in [-0.2, 0) is 0 Å². The molecule has 0 spiro atoms. The Morgan fingerprint density at radius 1 is 1.00 bits per heavy atom. The lowest BCUT2D eigenvalue weighted by Crippen LogP contribution is -2.15.